The topological polar surface area (TPSA) is 55.5 Å². The van der Waals surface area contributed by atoms with Crippen molar-refractivity contribution in [3.63, 3.8) is 0 Å². The molecule has 0 amide bonds. The largest absolute Gasteiger partial charge is 0.396 e. The van der Waals surface area contributed by atoms with Gasteiger partial charge in [-0.25, -0.2) is 5.90 Å². The smallest absolute Gasteiger partial charge is 0.104 e. The van der Waals surface area contributed by atoms with Crippen LogP contribution in [0.1, 0.15) is 24.5 Å². The van der Waals surface area contributed by atoms with Crippen molar-refractivity contribution in [2.24, 2.45) is 5.90 Å². The number of hydrogen-bond donors (Lipinski definition) is 2. The lowest BCUT2D eigenvalue weighted by molar-refractivity contribution is 0.0416. The van der Waals surface area contributed by atoms with E-state index in [1.165, 1.54) is 0 Å². The second kappa shape index (κ2) is 5.70. The van der Waals surface area contributed by atoms with E-state index in [4.69, 9.17) is 15.8 Å². The fraction of sp³-hybridized carbons (Fsp3) is 0.400. The van der Waals surface area contributed by atoms with Gasteiger partial charge >= 0.3 is 0 Å². The van der Waals surface area contributed by atoms with Crippen LogP contribution in [0.5, 0.6) is 0 Å². The summed E-state index contributed by atoms with van der Waals surface area (Å²) in [5.74, 6) is 5.16. The average Bonchev–Trinajstić information content (AvgIpc) is 2.21. The molecule has 0 aliphatic carbocycles. The zero-order valence-corrected chi connectivity index (χ0v) is 7.52. The molecule has 1 atom stereocenters. The predicted molar refractivity (Wildman–Crippen MR) is 50.8 cm³/mol. The SMILES string of the molecule is NOC(CCCO)c1ccccc1. The van der Waals surface area contributed by atoms with E-state index in [-0.39, 0.29) is 12.7 Å². The van der Waals surface area contributed by atoms with Crippen LogP contribution < -0.4 is 5.90 Å². The summed E-state index contributed by atoms with van der Waals surface area (Å²) < 4.78 is 0. The Labute approximate surface area is 78.1 Å². The lowest BCUT2D eigenvalue weighted by atomic mass is 10.1. The highest BCUT2D eigenvalue weighted by atomic mass is 16.6. The monoisotopic (exact) mass is 181 g/mol. The Morgan fingerprint density at radius 2 is 2.00 bits per heavy atom. The molecule has 0 spiro atoms. The molecule has 1 aromatic rings. The van der Waals surface area contributed by atoms with E-state index in [1.54, 1.807) is 0 Å². The van der Waals surface area contributed by atoms with E-state index in [0.717, 1.165) is 12.0 Å². The maximum absolute atomic E-state index is 8.66. The quantitative estimate of drug-likeness (QED) is 0.675. The van der Waals surface area contributed by atoms with Gasteiger partial charge in [-0.15, -0.1) is 0 Å². The third-order valence-corrected chi connectivity index (χ3v) is 1.96. The van der Waals surface area contributed by atoms with Crippen LogP contribution in [0.15, 0.2) is 30.3 Å². The van der Waals surface area contributed by atoms with Crippen molar-refractivity contribution in [1.82, 2.24) is 0 Å². The summed E-state index contributed by atoms with van der Waals surface area (Å²) >= 11 is 0. The Hall–Kier alpha value is -0.900. The molecular formula is C10H15NO2. The number of hydrogen-bond acceptors (Lipinski definition) is 3. The molecule has 0 aromatic heterocycles. The van der Waals surface area contributed by atoms with Gasteiger partial charge in [-0.2, -0.15) is 0 Å². The maximum atomic E-state index is 8.66. The van der Waals surface area contributed by atoms with E-state index in [2.05, 4.69) is 0 Å². The van der Waals surface area contributed by atoms with Gasteiger partial charge in [-0.3, -0.25) is 4.84 Å². The molecule has 3 N–H and O–H groups in total. The lowest BCUT2D eigenvalue weighted by Crippen LogP contribution is -2.09. The van der Waals surface area contributed by atoms with Crippen LogP contribution in [0, 0.1) is 0 Å². The number of aliphatic hydroxyl groups is 1. The highest BCUT2D eigenvalue weighted by molar-refractivity contribution is 5.17. The molecule has 0 fully saturated rings. The number of benzene rings is 1. The first kappa shape index (κ1) is 10.2. The molecule has 0 aliphatic rings. The molecule has 1 rings (SSSR count). The van der Waals surface area contributed by atoms with Crippen molar-refractivity contribution >= 4 is 0 Å². The predicted octanol–water partition coefficient (Wildman–Crippen LogP) is 1.39. The van der Waals surface area contributed by atoms with Crippen molar-refractivity contribution < 1.29 is 9.94 Å². The molecule has 1 unspecified atom stereocenters. The van der Waals surface area contributed by atoms with Crippen molar-refractivity contribution in [3.8, 4) is 0 Å². The van der Waals surface area contributed by atoms with Crippen molar-refractivity contribution in [1.29, 1.82) is 0 Å². The molecule has 0 aliphatic heterocycles. The van der Waals surface area contributed by atoms with Gasteiger partial charge in [0.15, 0.2) is 0 Å². The Morgan fingerprint density at radius 3 is 2.54 bits per heavy atom. The van der Waals surface area contributed by atoms with Gasteiger partial charge < -0.3 is 5.11 Å². The van der Waals surface area contributed by atoms with Crippen LogP contribution in [0.3, 0.4) is 0 Å². The molecular weight excluding hydrogens is 166 g/mol. The zero-order chi connectivity index (χ0) is 9.52. The summed E-state index contributed by atoms with van der Waals surface area (Å²) in [5.41, 5.74) is 1.05. The third kappa shape index (κ3) is 3.14. The average molecular weight is 181 g/mol. The molecule has 13 heavy (non-hydrogen) atoms. The van der Waals surface area contributed by atoms with Crippen LogP contribution >= 0.6 is 0 Å². The number of rotatable bonds is 5. The maximum Gasteiger partial charge on any atom is 0.104 e. The van der Waals surface area contributed by atoms with Crippen molar-refractivity contribution in [2.45, 2.75) is 18.9 Å². The second-order valence-corrected chi connectivity index (χ2v) is 2.90. The third-order valence-electron chi connectivity index (χ3n) is 1.96. The van der Waals surface area contributed by atoms with E-state index in [0.29, 0.717) is 6.42 Å². The van der Waals surface area contributed by atoms with Gasteiger partial charge in [0.25, 0.3) is 0 Å². The summed E-state index contributed by atoms with van der Waals surface area (Å²) in [7, 11) is 0. The van der Waals surface area contributed by atoms with E-state index >= 15 is 0 Å². The van der Waals surface area contributed by atoms with Crippen LogP contribution in [0.2, 0.25) is 0 Å². The van der Waals surface area contributed by atoms with Gasteiger partial charge in [0, 0.05) is 6.61 Å². The second-order valence-electron chi connectivity index (χ2n) is 2.90. The summed E-state index contributed by atoms with van der Waals surface area (Å²) in [4.78, 5) is 4.83. The minimum atomic E-state index is -0.103. The van der Waals surface area contributed by atoms with Crippen LogP contribution in [-0.2, 0) is 4.84 Å². The molecule has 0 saturated carbocycles. The lowest BCUT2D eigenvalue weighted by Gasteiger charge is -2.13. The van der Waals surface area contributed by atoms with Crippen molar-refractivity contribution in [2.75, 3.05) is 6.61 Å². The summed E-state index contributed by atoms with van der Waals surface area (Å²) in [6.45, 7) is 0.173. The van der Waals surface area contributed by atoms with Crippen LogP contribution in [-0.4, -0.2) is 11.7 Å². The molecule has 0 radical (unpaired) electrons. The Morgan fingerprint density at radius 1 is 1.31 bits per heavy atom. The number of aliphatic hydroxyl groups excluding tert-OH is 1. The van der Waals surface area contributed by atoms with Gasteiger partial charge in [0.1, 0.15) is 6.10 Å². The minimum absolute atomic E-state index is 0.103. The van der Waals surface area contributed by atoms with Gasteiger partial charge in [0.05, 0.1) is 0 Å². The van der Waals surface area contributed by atoms with Gasteiger partial charge in [-0.05, 0) is 18.4 Å². The fourth-order valence-corrected chi connectivity index (χ4v) is 1.26. The molecule has 0 saturated heterocycles. The van der Waals surface area contributed by atoms with Gasteiger partial charge in [-0.1, -0.05) is 30.3 Å². The highest BCUT2D eigenvalue weighted by Gasteiger charge is 2.09. The standard InChI is InChI=1S/C10H15NO2/c11-13-10(7-4-8-12)9-5-2-1-3-6-9/h1-3,5-6,10,12H,4,7-8,11H2. The molecule has 0 bridgehead atoms. The first-order valence-electron chi connectivity index (χ1n) is 4.40. The molecule has 1 aromatic carbocycles. The highest BCUT2D eigenvalue weighted by Crippen LogP contribution is 2.20. The van der Waals surface area contributed by atoms with E-state index in [1.807, 2.05) is 30.3 Å². The minimum Gasteiger partial charge on any atom is -0.396 e. The first-order valence-corrected chi connectivity index (χ1v) is 4.40. The summed E-state index contributed by atoms with van der Waals surface area (Å²) in [6, 6.07) is 9.77. The normalized spacial score (nSPS) is 12.8. The first-order chi connectivity index (χ1) is 6.38. The van der Waals surface area contributed by atoms with E-state index < -0.39 is 0 Å². The summed E-state index contributed by atoms with van der Waals surface area (Å²) in [6.07, 6.45) is 1.35. The zero-order valence-electron chi connectivity index (χ0n) is 7.52. The van der Waals surface area contributed by atoms with Crippen molar-refractivity contribution in [3.05, 3.63) is 35.9 Å². The summed E-state index contributed by atoms with van der Waals surface area (Å²) in [5, 5.41) is 8.66. The molecule has 3 heteroatoms. The van der Waals surface area contributed by atoms with E-state index in [9.17, 15) is 0 Å². The Kier molecular flexibility index (Phi) is 4.46. The van der Waals surface area contributed by atoms with Gasteiger partial charge in [0.2, 0.25) is 0 Å². The fourth-order valence-electron chi connectivity index (χ4n) is 1.26. The molecule has 0 heterocycles. The Balaban J connectivity index is 2.56. The molecule has 72 valence electrons. The molecule has 3 nitrogen and oxygen atoms in total. The number of nitrogens with two attached hydrogens (primary N) is 1. The van der Waals surface area contributed by atoms with Crippen LogP contribution in [0.25, 0.3) is 0 Å². The Bertz CT molecular complexity index is 226. The van der Waals surface area contributed by atoms with Crippen LogP contribution in [0.4, 0.5) is 0 Å².